The lowest BCUT2D eigenvalue weighted by molar-refractivity contribution is -0.118. The molecule has 0 atom stereocenters. The molecule has 1 N–H and O–H groups in total. The van der Waals surface area contributed by atoms with Gasteiger partial charge in [0.2, 0.25) is 0 Å². The Morgan fingerprint density at radius 3 is 2.57 bits per heavy atom. The summed E-state index contributed by atoms with van der Waals surface area (Å²) in [5.41, 5.74) is 4.67. The van der Waals surface area contributed by atoms with Crippen LogP contribution in [0.15, 0.2) is 76.2 Å². The van der Waals surface area contributed by atoms with Crippen molar-refractivity contribution in [2.75, 3.05) is 11.9 Å². The molecule has 0 saturated carbocycles. The summed E-state index contributed by atoms with van der Waals surface area (Å²) >= 11 is 3.47. The molecule has 0 radical (unpaired) electrons. The number of halogens is 1. The van der Waals surface area contributed by atoms with E-state index in [1.165, 1.54) is 5.56 Å². The van der Waals surface area contributed by atoms with Crippen molar-refractivity contribution >= 4 is 39.4 Å². The van der Waals surface area contributed by atoms with Gasteiger partial charge in [-0.15, -0.1) is 0 Å². The predicted octanol–water partition coefficient (Wildman–Crippen LogP) is 5.83. The van der Waals surface area contributed by atoms with Crippen molar-refractivity contribution < 1.29 is 9.53 Å². The first-order valence-electron chi connectivity index (χ1n) is 8.89. The summed E-state index contributed by atoms with van der Waals surface area (Å²) in [6.45, 7) is 3.93. The highest BCUT2D eigenvalue weighted by Gasteiger charge is 2.07. The van der Waals surface area contributed by atoms with Crippen LogP contribution in [0.25, 0.3) is 0 Å². The second-order valence-corrected chi connectivity index (χ2v) is 7.40. The molecule has 5 heteroatoms. The first-order chi connectivity index (χ1) is 13.5. The number of aryl methyl sites for hydroxylation is 2. The Kier molecular flexibility index (Phi) is 6.61. The Bertz CT molecular complexity index is 998. The summed E-state index contributed by atoms with van der Waals surface area (Å²) in [5.74, 6) is 0.383. The monoisotopic (exact) mass is 436 g/mol. The third kappa shape index (κ3) is 5.79. The third-order valence-electron chi connectivity index (χ3n) is 4.02. The maximum Gasteiger partial charge on any atom is 0.262 e. The average molecular weight is 437 g/mol. The minimum Gasteiger partial charge on any atom is -0.483 e. The van der Waals surface area contributed by atoms with Crippen LogP contribution in [0.4, 0.5) is 11.4 Å². The van der Waals surface area contributed by atoms with Gasteiger partial charge in [-0.25, -0.2) is 0 Å². The molecule has 0 aliphatic rings. The second kappa shape index (κ2) is 9.33. The third-order valence-corrected chi connectivity index (χ3v) is 4.51. The van der Waals surface area contributed by atoms with Gasteiger partial charge < -0.3 is 10.1 Å². The minimum absolute atomic E-state index is 0.0824. The Balaban J connectivity index is 1.68. The van der Waals surface area contributed by atoms with Crippen molar-refractivity contribution in [1.82, 2.24) is 0 Å². The van der Waals surface area contributed by atoms with Crippen LogP contribution in [-0.4, -0.2) is 18.7 Å². The minimum atomic E-state index is -0.213. The lowest BCUT2D eigenvalue weighted by Gasteiger charge is -2.10. The van der Waals surface area contributed by atoms with Crippen molar-refractivity contribution in [1.29, 1.82) is 0 Å². The molecule has 0 fully saturated rings. The number of carbonyl (C=O) groups is 1. The smallest absolute Gasteiger partial charge is 0.262 e. The largest absolute Gasteiger partial charge is 0.483 e. The molecule has 0 bridgehead atoms. The maximum absolute atomic E-state index is 12.2. The van der Waals surface area contributed by atoms with E-state index in [1.54, 1.807) is 6.21 Å². The average Bonchev–Trinajstić information content (AvgIpc) is 2.67. The summed E-state index contributed by atoms with van der Waals surface area (Å²) in [6.07, 6.45) is 1.74. The number of anilines is 1. The number of ether oxygens (including phenoxy) is 1. The summed E-state index contributed by atoms with van der Waals surface area (Å²) in [4.78, 5) is 16.7. The van der Waals surface area contributed by atoms with Gasteiger partial charge in [0.1, 0.15) is 5.75 Å². The Hall–Kier alpha value is -2.92. The molecular formula is C23H21BrN2O2. The van der Waals surface area contributed by atoms with Crippen LogP contribution in [0.5, 0.6) is 5.75 Å². The van der Waals surface area contributed by atoms with Gasteiger partial charge >= 0.3 is 0 Å². The first kappa shape index (κ1) is 19.8. The Labute approximate surface area is 173 Å². The van der Waals surface area contributed by atoms with E-state index in [9.17, 15) is 4.79 Å². The maximum atomic E-state index is 12.2. The number of rotatable bonds is 6. The summed E-state index contributed by atoms with van der Waals surface area (Å²) in [5, 5.41) is 2.84. The van der Waals surface area contributed by atoms with Crippen molar-refractivity contribution in [2.45, 2.75) is 13.8 Å². The molecule has 3 aromatic rings. The van der Waals surface area contributed by atoms with E-state index < -0.39 is 0 Å². The van der Waals surface area contributed by atoms with Crippen molar-refractivity contribution in [3.05, 3.63) is 87.9 Å². The molecule has 3 aromatic carbocycles. The highest BCUT2D eigenvalue weighted by Crippen LogP contribution is 2.23. The Morgan fingerprint density at radius 1 is 1.04 bits per heavy atom. The first-order valence-corrected chi connectivity index (χ1v) is 9.68. The number of amides is 1. The number of nitrogens with one attached hydrogen (secondary N) is 1. The molecule has 4 nitrogen and oxygen atoms in total. The quantitative estimate of drug-likeness (QED) is 0.493. The van der Waals surface area contributed by atoms with Crippen LogP contribution in [0.3, 0.4) is 0 Å². The SMILES string of the molecule is Cc1ccc(N=Cc2cc(Br)ccc2OCC(=O)Nc2cccc(C)c2)cc1. The van der Waals surface area contributed by atoms with E-state index in [2.05, 4.69) is 26.2 Å². The molecule has 0 heterocycles. The van der Waals surface area contributed by atoms with E-state index in [-0.39, 0.29) is 12.5 Å². The highest BCUT2D eigenvalue weighted by molar-refractivity contribution is 9.10. The lowest BCUT2D eigenvalue weighted by Crippen LogP contribution is -2.20. The van der Waals surface area contributed by atoms with Gasteiger partial charge in [0.15, 0.2) is 6.61 Å². The number of hydrogen-bond donors (Lipinski definition) is 1. The van der Waals surface area contributed by atoms with Crippen LogP contribution < -0.4 is 10.1 Å². The topological polar surface area (TPSA) is 50.7 Å². The summed E-state index contributed by atoms with van der Waals surface area (Å²) in [6, 6.07) is 21.2. The Morgan fingerprint density at radius 2 is 1.82 bits per heavy atom. The van der Waals surface area contributed by atoms with E-state index in [4.69, 9.17) is 4.74 Å². The molecule has 0 unspecified atom stereocenters. The van der Waals surface area contributed by atoms with Crippen molar-refractivity contribution in [2.24, 2.45) is 4.99 Å². The number of nitrogens with zero attached hydrogens (tertiary/aromatic N) is 1. The second-order valence-electron chi connectivity index (χ2n) is 6.48. The molecule has 0 saturated heterocycles. The predicted molar refractivity (Wildman–Crippen MR) is 118 cm³/mol. The van der Waals surface area contributed by atoms with Gasteiger partial charge in [0.25, 0.3) is 5.91 Å². The summed E-state index contributed by atoms with van der Waals surface area (Å²) < 4.78 is 6.65. The fourth-order valence-electron chi connectivity index (χ4n) is 2.59. The van der Waals surface area contributed by atoms with Crippen molar-refractivity contribution in [3.63, 3.8) is 0 Å². The number of aliphatic imine (C=N–C) groups is 1. The zero-order valence-corrected chi connectivity index (χ0v) is 17.4. The fraction of sp³-hybridized carbons (Fsp3) is 0.130. The summed E-state index contributed by atoms with van der Waals surface area (Å²) in [7, 11) is 0. The van der Waals surface area contributed by atoms with Gasteiger partial charge in [0, 0.05) is 21.9 Å². The molecule has 0 aliphatic carbocycles. The van der Waals surface area contributed by atoms with Gasteiger partial charge in [-0.1, -0.05) is 45.8 Å². The van der Waals surface area contributed by atoms with E-state index in [0.717, 1.165) is 27.0 Å². The van der Waals surface area contributed by atoms with E-state index in [0.29, 0.717) is 5.75 Å². The molecule has 28 heavy (non-hydrogen) atoms. The van der Waals surface area contributed by atoms with Crippen LogP contribution in [0.2, 0.25) is 0 Å². The fourth-order valence-corrected chi connectivity index (χ4v) is 2.97. The van der Waals surface area contributed by atoms with Gasteiger partial charge in [-0.05, 0) is 61.9 Å². The van der Waals surface area contributed by atoms with E-state index >= 15 is 0 Å². The van der Waals surface area contributed by atoms with E-state index in [1.807, 2.05) is 80.6 Å². The molecule has 3 rings (SSSR count). The zero-order valence-electron chi connectivity index (χ0n) is 15.8. The molecule has 142 valence electrons. The van der Waals surface area contributed by atoms with Gasteiger partial charge in [0.05, 0.1) is 5.69 Å². The van der Waals surface area contributed by atoms with Crippen molar-refractivity contribution in [3.8, 4) is 5.75 Å². The normalized spacial score (nSPS) is 10.8. The van der Waals surface area contributed by atoms with Crippen LogP contribution >= 0.6 is 15.9 Å². The molecule has 0 spiro atoms. The number of carbonyl (C=O) groups excluding carboxylic acids is 1. The number of benzene rings is 3. The zero-order chi connectivity index (χ0) is 19.9. The molecule has 1 amide bonds. The standard InChI is InChI=1S/C23H21BrN2O2/c1-16-6-9-20(10-7-16)25-14-18-13-19(24)8-11-22(18)28-15-23(27)26-21-5-3-4-17(2)12-21/h3-14H,15H2,1-2H3,(H,26,27). The molecular weight excluding hydrogens is 416 g/mol. The lowest BCUT2D eigenvalue weighted by atomic mass is 10.2. The molecule has 0 aliphatic heterocycles. The van der Waals surface area contributed by atoms with Gasteiger partial charge in [-0.3, -0.25) is 9.79 Å². The van der Waals surface area contributed by atoms with Crippen LogP contribution in [-0.2, 0) is 4.79 Å². The number of hydrogen-bond acceptors (Lipinski definition) is 3. The van der Waals surface area contributed by atoms with Crippen LogP contribution in [0, 0.1) is 13.8 Å². The van der Waals surface area contributed by atoms with Crippen LogP contribution in [0.1, 0.15) is 16.7 Å². The highest BCUT2D eigenvalue weighted by atomic mass is 79.9. The molecule has 0 aromatic heterocycles. The van der Waals surface area contributed by atoms with Gasteiger partial charge in [-0.2, -0.15) is 0 Å².